The number of methoxy groups -OCH3 is 1. The third-order valence-corrected chi connectivity index (χ3v) is 8.30. The molecule has 3 aromatic rings. The molecule has 232 valence electrons. The van der Waals surface area contributed by atoms with Gasteiger partial charge in [-0.05, 0) is 47.4 Å². The van der Waals surface area contributed by atoms with Crippen molar-refractivity contribution in [3.05, 3.63) is 87.4 Å². The van der Waals surface area contributed by atoms with Crippen LogP contribution in [0, 0.1) is 0 Å². The number of halogens is 2. The second-order valence-electron chi connectivity index (χ2n) is 10.8. The maximum atomic E-state index is 11.0. The van der Waals surface area contributed by atoms with Crippen molar-refractivity contribution in [2.45, 2.75) is 37.8 Å². The molecule has 0 radical (unpaired) electrons. The minimum absolute atomic E-state index is 0.140. The van der Waals surface area contributed by atoms with Crippen LogP contribution in [0.5, 0.6) is 11.5 Å². The van der Waals surface area contributed by atoms with E-state index in [2.05, 4.69) is 34.5 Å². The number of aliphatic hydroxyl groups excluding tert-OH is 1. The standard InChI is InChI=1S/C33H40Cl2N2O6/c1-39-13-2-11-37-12-14-41-30-10-5-24(17-28(30)37)22-43-32-20-36-19-29(38)33(32)25-6-3-23(4-7-25)21-40-15-16-42-31-18-26(34)8-9-27(31)35/h3-10,17-18,29,32-33,36,38H,2,11-16,19-22H2,1H3. The molecule has 0 aromatic heterocycles. The summed E-state index contributed by atoms with van der Waals surface area (Å²) in [4.78, 5) is 2.35. The van der Waals surface area contributed by atoms with Gasteiger partial charge in [-0.2, -0.15) is 0 Å². The zero-order valence-corrected chi connectivity index (χ0v) is 26.0. The smallest absolute Gasteiger partial charge is 0.142 e. The van der Waals surface area contributed by atoms with Crippen molar-refractivity contribution in [3.63, 3.8) is 0 Å². The highest BCUT2D eigenvalue weighted by molar-refractivity contribution is 6.34. The Morgan fingerprint density at radius 2 is 1.79 bits per heavy atom. The van der Waals surface area contributed by atoms with E-state index in [0.717, 1.165) is 54.2 Å². The maximum absolute atomic E-state index is 11.0. The summed E-state index contributed by atoms with van der Waals surface area (Å²) in [6.07, 6.45) is 0.235. The molecule has 1 fully saturated rings. The molecule has 0 aliphatic carbocycles. The average molecular weight is 632 g/mol. The van der Waals surface area contributed by atoms with Gasteiger partial charge in [0.05, 0.1) is 49.3 Å². The molecule has 0 bridgehead atoms. The lowest BCUT2D eigenvalue weighted by molar-refractivity contribution is -0.0328. The van der Waals surface area contributed by atoms with E-state index in [0.29, 0.717) is 61.9 Å². The van der Waals surface area contributed by atoms with Gasteiger partial charge in [0.1, 0.15) is 24.7 Å². The molecule has 43 heavy (non-hydrogen) atoms. The molecule has 3 aromatic carbocycles. The number of ether oxygens (including phenoxy) is 5. The highest BCUT2D eigenvalue weighted by Crippen LogP contribution is 2.34. The topological polar surface area (TPSA) is 81.7 Å². The fourth-order valence-electron chi connectivity index (χ4n) is 5.54. The van der Waals surface area contributed by atoms with Gasteiger partial charge in [-0.15, -0.1) is 0 Å². The Bertz CT molecular complexity index is 1310. The number of hydrogen-bond acceptors (Lipinski definition) is 8. The lowest BCUT2D eigenvalue weighted by atomic mass is 9.85. The molecule has 2 aliphatic rings. The summed E-state index contributed by atoms with van der Waals surface area (Å²) in [5.74, 6) is 1.31. The van der Waals surface area contributed by atoms with Crippen LogP contribution in [-0.4, -0.2) is 77.0 Å². The third-order valence-electron chi connectivity index (χ3n) is 7.75. The maximum Gasteiger partial charge on any atom is 0.142 e. The highest BCUT2D eigenvalue weighted by atomic mass is 35.5. The van der Waals surface area contributed by atoms with Crippen LogP contribution >= 0.6 is 23.2 Å². The Hall–Kier alpha value is -2.56. The Morgan fingerprint density at radius 1 is 0.953 bits per heavy atom. The molecule has 3 atom stereocenters. The molecule has 8 nitrogen and oxygen atoms in total. The number of hydrogen-bond donors (Lipinski definition) is 2. The predicted octanol–water partition coefficient (Wildman–Crippen LogP) is 5.46. The summed E-state index contributed by atoms with van der Waals surface area (Å²) in [5, 5.41) is 15.4. The molecule has 0 spiro atoms. The number of β-amino-alcohol motifs (C(OH)–C–C–N with tert-alkyl or cyclic N) is 1. The van der Waals surface area contributed by atoms with Crippen molar-refractivity contribution in [1.29, 1.82) is 0 Å². The third kappa shape index (κ3) is 8.76. The number of anilines is 1. The summed E-state index contributed by atoms with van der Waals surface area (Å²) in [6, 6.07) is 19.6. The van der Waals surface area contributed by atoms with Crippen LogP contribution in [0.1, 0.15) is 29.0 Å². The summed E-state index contributed by atoms with van der Waals surface area (Å²) >= 11 is 12.1. The van der Waals surface area contributed by atoms with Crippen LogP contribution < -0.4 is 19.7 Å². The molecule has 2 aliphatic heterocycles. The van der Waals surface area contributed by atoms with Gasteiger partial charge in [0.15, 0.2) is 0 Å². The van der Waals surface area contributed by atoms with Gasteiger partial charge in [-0.25, -0.2) is 0 Å². The van der Waals surface area contributed by atoms with E-state index in [1.54, 1.807) is 25.3 Å². The fourth-order valence-corrected chi connectivity index (χ4v) is 5.88. The monoisotopic (exact) mass is 630 g/mol. The van der Waals surface area contributed by atoms with Crippen molar-refractivity contribution in [1.82, 2.24) is 5.32 Å². The van der Waals surface area contributed by atoms with Gasteiger partial charge < -0.3 is 39.0 Å². The van der Waals surface area contributed by atoms with Gasteiger partial charge in [-0.1, -0.05) is 53.5 Å². The van der Waals surface area contributed by atoms with Crippen molar-refractivity contribution in [2.24, 2.45) is 0 Å². The van der Waals surface area contributed by atoms with E-state index in [1.807, 2.05) is 18.2 Å². The zero-order valence-electron chi connectivity index (χ0n) is 24.5. The van der Waals surface area contributed by atoms with Gasteiger partial charge in [0.25, 0.3) is 0 Å². The summed E-state index contributed by atoms with van der Waals surface area (Å²) in [5.41, 5.74) is 4.26. The molecular weight excluding hydrogens is 591 g/mol. The number of fused-ring (bicyclic) bond motifs is 1. The Kier molecular flexibility index (Phi) is 11.8. The molecular formula is C33H40Cl2N2O6. The van der Waals surface area contributed by atoms with Gasteiger partial charge >= 0.3 is 0 Å². The van der Waals surface area contributed by atoms with E-state index in [-0.39, 0.29) is 12.0 Å². The van der Waals surface area contributed by atoms with Crippen molar-refractivity contribution >= 4 is 28.9 Å². The number of nitrogens with one attached hydrogen (secondary N) is 1. The molecule has 2 heterocycles. The second kappa shape index (κ2) is 16.0. The number of benzene rings is 3. The molecule has 10 heteroatoms. The summed E-state index contributed by atoms with van der Waals surface area (Å²) in [6.45, 7) is 6.05. The number of nitrogens with zero attached hydrogens (tertiary/aromatic N) is 1. The van der Waals surface area contributed by atoms with Crippen molar-refractivity contribution < 1.29 is 28.8 Å². The Morgan fingerprint density at radius 3 is 2.63 bits per heavy atom. The quantitative estimate of drug-likeness (QED) is 0.227. The average Bonchev–Trinajstić information content (AvgIpc) is 3.02. The van der Waals surface area contributed by atoms with Crippen LogP contribution in [0.25, 0.3) is 0 Å². The summed E-state index contributed by atoms with van der Waals surface area (Å²) in [7, 11) is 1.73. The van der Waals surface area contributed by atoms with Crippen LogP contribution in [-0.2, 0) is 27.4 Å². The van der Waals surface area contributed by atoms with E-state index in [4.69, 9.17) is 46.9 Å². The van der Waals surface area contributed by atoms with Gasteiger partial charge in [0, 0.05) is 50.4 Å². The van der Waals surface area contributed by atoms with Crippen LogP contribution in [0.15, 0.2) is 60.7 Å². The molecule has 5 rings (SSSR count). The van der Waals surface area contributed by atoms with Crippen molar-refractivity contribution in [3.8, 4) is 11.5 Å². The minimum atomic E-state index is -0.551. The number of rotatable bonds is 14. The van der Waals surface area contributed by atoms with Crippen LogP contribution in [0.3, 0.4) is 0 Å². The van der Waals surface area contributed by atoms with Gasteiger partial charge in [-0.3, -0.25) is 0 Å². The van der Waals surface area contributed by atoms with Crippen molar-refractivity contribution in [2.75, 3.05) is 64.6 Å². The summed E-state index contributed by atoms with van der Waals surface area (Å²) < 4.78 is 29.1. The predicted molar refractivity (Wildman–Crippen MR) is 169 cm³/mol. The second-order valence-corrected chi connectivity index (χ2v) is 11.6. The lowest BCUT2D eigenvalue weighted by Crippen LogP contribution is -2.49. The number of aliphatic hydroxyl groups is 1. The fraction of sp³-hybridized carbons (Fsp3) is 0.455. The van der Waals surface area contributed by atoms with E-state index >= 15 is 0 Å². The molecule has 2 N–H and O–H groups in total. The first-order valence-corrected chi connectivity index (χ1v) is 15.5. The Balaban J connectivity index is 1.14. The minimum Gasteiger partial charge on any atom is -0.490 e. The van der Waals surface area contributed by atoms with E-state index in [1.165, 1.54) is 0 Å². The normalized spacial score (nSPS) is 20.0. The van der Waals surface area contributed by atoms with Gasteiger partial charge in [0.2, 0.25) is 0 Å². The molecule has 3 unspecified atom stereocenters. The van der Waals surface area contributed by atoms with E-state index in [9.17, 15) is 5.11 Å². The first kappa shape index (κ1) is 31.9. The molecule has 1 saturated heterocycles. The zero-order chi connectivity index (χ0) is 30.0. The first-order valence-electron chi connectivity index (χ1n) is 14.8. The number of piperidine rings is 1. The lowest BCUT2D eigenvalue weighted by Gasteiger charge is -2.36. The highest BCUT2D eigenvalue weighted by Gasteiger charge is 2.34. The van der Waals surface area contributed by atoms with Crippen LogP contribution in [0.2, 0.25) is 10.0 Å². The largest absolute Gasteiger partial charge is 0.490 e. The molecule has 0 amide bonds. The first-order chi connectivity index (χ1) is 21.0. The van der Waals surface area contributed by atoms with Crippen LogP contribution in [0.4, 0.5) is 5.69 Å². The Labute approximate surface area is 263 Å². The molecule has 0 saturated carbocycles. The van der Waals surface area contributed by atoms with E-state index < -0.39 is 6.10 Å². The SMILES string of the molecule is COCCCN1CCOc2ccc(COC3CNCC(O)C3c3ccc(COCCOc4cc(Cl)ccc4Cl)cc3)cc21.